The summed E-state index contributed by atoms with van der Waals surface area (Å²) in [6.45, 7) is 0. The lowest BCUT2D eigenvalue weighted by molar-refractivity contribution is 0.0698. The van der Waals surface area contributed by atoms with Crippen molar-refractivity contribution in [1.29, 1.82) is 0 Å². The Morgan fingerprint density at radius 3 is 2.57 bits per heavy atom. The molecule has 21 heavy (non-hydrogen) atoms. The van der Waals surface area contributed by atoms with Gasteiger partial charge in [0, 0.05) is 4.90 Å². The van der Waals surface area contributed by atoms with Gasteiger partial charge in [-0.25, -0.2) is 4.79 Å². The molecule has 0 unspecified atom stereocenters. The Morgan fingerprint density at radius 2 is 1.90 bits per heavy atom. The maximum absolute atomic E-state index is 12.5. The Bertz CT molecular complexity index is 673. The molecule has 2 rings (SSSR count). The third-order valence-electron chi connectivity index (χ3n) is 2.47. The molecular formula is C13H9F2NO3S2. The van der Waals surface area contributed by atoms with E-state index in [0.717, 1.165) is 11.3 Å². The molecule has 0 fully saturated rings. The van der Waals surface area contributed by atoms with E-state index in [1.54, 1.807) is 12.1 Å². The molecule has 0 aliphatic rings. The first-order chi connectivity index (χ1) is 9.99. The number of carbonyl (C=O) groups excluding carboxylic acids is 1. The van der Waals surface area contributed by atoms with Crippen LogP contribution in [0.5, 0.6) is 0 Å². The summed E-state index contributed by atoms with van der Waals surface area (Å²) in [6, 6.07) is 7.29. The Morgan fingerprint density at radius 1 is 1.19 bits per heavy atom. The van der Waals surface area contributed by atoms with Crippen molar-refractivity contribution in [2.45, 2.75) is 10.7 Å². The molecule has 0 saturated carbocycles. The van der Waals surface area contributed by atoms with Crippen molar-refractivity contribution in [3.05, 3.63) is 46.8 Å². The van der Waals surface area contributed by atoms with Gasteiger partial charge in [-0.1, -0.05) is 23.9 Å². The molecule has 0 atom stereocenters. The summed E-state index contributed by atoms with van der Waals surface area (Å²) in [5.74, 6) is -4.43. The van der Waals surface area contributed by atoms with Crippen LogP contribution in [0.4, 0.5) is 13.8 Å². The summed E-state index contributed by atoms with van der Waals surface area (Å²) >= 11 is 1.32. The second kappa shape index (κ2) is 6.68. The molecule has 2 aromatic rings. The molecule has 4 nitrogen and oxygen atoms in total. The summed E-state index contributed by atoms with van der Waals surface area (Å²) < 4.78 is 24.9. The van der Waals surface area contributed by atoms with Crippen LogP contribution in [-0.2, 0) is 0 Å². The average molecular weight is 329 g/mol. The average Bonchev–Trinajstić information content (AvgIpc) is 2.86. The van der Waals surface area contributed by atoms with Crippen molar-refractivity contribution >= 4 is 40.0 Å². The van der Waals surface area contributed by atoms with E-state index in [0.29, 0.717) is 0 Å². The molecule has 0 aliphatic carbocycles. The number of nitrogens with one attached hydrogen (secondary N) is 1. The molecule has 1 heterocycles. The fourth-order valence-electron chi connectivity index (χ4n) is 1.60. The van der Waals surface area contributed by atoms with E-state index in [1.165, 1.54) is 23.6 Å². The van der Waals surface area contributed by atoms with Gasteiger partial charge in [0.25, 0.3) is 11.7 Å². The summed E-state index contributed by atoms with van der Waals surface area (Å²) in [7, 11) is 0. The first-order valence-electron chi connectivity index (χ1n) is 5.65. The van der Waals surface area contributed by atoms with E-state index in [9.17, 15) is 18.4 Å². The van der Waals surface area contributed by atoms with E-state index < -0.39 is 17.6 Å². The number of hydrogen-bond acceptors (Lipinski definition) is 4. The van der Waals surface area contributed by atoms with Gasteiger partial charge in [0.1, 0.15) is 5.00 Å². The van der Waals surface area contributed by atoms with Crippen molar-refractivity contribution in [3.63, 3.8) is 0 Å². The maximum Gasteiger partial charge on any atom is 0.338 e. The zero-order valence-electron chi connectivity index (χ0n) is 10.4. The highest BCUT2D eigenvalue weighted by atomic mass is 32.2. The van der Waals surface area contributed by atoms with Gasteiger partial charge >= 0.3 is 5.97 Å². The Hall–Kier alpha value is -1.93. The number of aromatic carboxylic acids is 1. The number of thioether (sulfide) groups is 1. The standard InChI is InChI=1S/C13H9F2NO3S2/c14-13(15)21-9-4-2-1-3-7(9)10(17)16-11-8(12(18)19)5-6-20-11/h1-6,13H,(H,16,17)(H,18,19). The van der Waals surface area contributed by atoms with Crippen LogP contribution < -0.4 is 5.32 Å². The normalized spacial score (nSPS) is 10.6. The first kappa shape index (κ1) is 15.5. The highest BCUT2D eigenvalue weighted by Gasteiger charge is 2.18. The second-order valence-corrected chi connectivity index (χ2v) is 5.75. The highest BCUT2D eigenvalue weighted by molar-refractivity contribution is 7.99. The van der Waals surface area contributed by atoms with Crippen LogP contribution >= 0.6 is 23.1 Å². The molecule has 0 radical (unpaired) electrons. The minimum absolute atomic E-state index is 0.0349. The fraction of sp³-hybridized carbons (Fsp3) is 0.0769. The minimum Gasteiger partial charge on any atom is -0.478 e. The number of thiophene rings is 1. The summed E-state index contributed by atoms with van der Waals surface area (Å²) in [5.41, 5.74) is 0.0416. The molecule has 0 saturated heterocycles. The highest BCUT2D eigenvalue weighted by Crippen LogP contribution is 2.30. The quantitative estimate of drug-likeness (QED) is 0.813. The SMILES string of the molecule is O=C(Nc1sccc1C(=O)O)c1ccccc1SC(F)F. The Balaban J connectivity index is 2.24. The monoisotopic (exact) mass is 329 g/mol. The Kier molecular flexibility index (Phi) is 4.92. The smallest absolute Gasteiger partial charge is 0.338 e. The lowest BCUT2D eigenvalue weighted by Gasteiger charge is -2.09. The number of carbonyl (C=O) groups is 2. The van der Waals surface area contributed by atoms with Crippen molar-refractivity contribution < 1.29 is 23.5 Å². The zero-order valence-corrected chi connectivity index (χ0v) is 12.0. The number of carboxylic acids is 1. The lowest BCUT2D eigenvalue weighted by atomic mass is 10.2. The van der Waals surface area contributed by atoms with Crippen LogP contribution in [-0.4, -0.2) is 22.7 Å². The molecule has 0 aliphatic heterocycles. The lowest BCUT2D eigenvalue weighted by Crippen LogP contribution is -2.14. The van der Waals surface area contributed by atoms with Crippen LogP contribution in [0.1, 0.15) is 20.7 Å². The number of benzene rings is 1. The summed E-state index contributed by atoms with van der Waals surface area (Å²) in [6.07, 6.45) is 0. The van der Waals surface area contributed by atoms with Gasteiger partial charge in [-0.15, -0.1) is 11.3 Å². The van der Waals surface area contributed by atoms with Gasteiger partial charge in [0.05, 0.1) is 11.1 Å². The molecule has 1 amide bonds. The van der Waals surface area contributed by atoms with E-state index >= 15 is 0 Å². The third kappa shape index (κ3) is 3.79. The molecule has 8 heteroatoms. The number of carboxylic acid groups (broad SMARTS) is 1. The van der Waals surface area contributed by atoms with Crippen LogP contribution in [0.15, 0.2) is 40.6 Å². The predicted molar refractivity (Wildman–Crippen MR) is 77.5 cm³/mol. The number of anilines is 1. The topological polar surface area (TPSA) is 66.4 Å². The van der Waals surface area contributed by atoms with Gasteiger partial charge in [0.15, 0.2) is 0 Å². The molecule has 1 aromatic heterocycles. The van der Waals surface area contributed by atoms with E-state index in [2.05, 4.69) is 5.32 Å². The van der Waals surface area contributed by atoms with E-state index in [-0.39, 0.29) is 32.8 Å². The predicted octanol–water partition coefficient (Wildman–Crippen LogP) is 4.01. The van der Waals surface area contributed by atoms with Crippen LogP contribution in [0.25, 0.3) is 0 Å². The summed E-state index contributed by atoms with van der Waals surface area (Å²) in [5, 5.41) is 13.1. The van der Waals surface area contributed by atoms with Gasteiger partial charge in [-0.2, -0.15) is 8.78 Å². The number of halogens is 2. The first-order valence-corrected chi connectivity index (χ1v) is 7.41. The molecular weight excluding hydrogens is 320 g/mol. The van der Waals surface area contributed by atoms with Gasteiger partial charge in [-0.05, 0) is 23.6 Å². The van der Waals surface area contributed by atoms with Crippen molar-refractivity contribution in [3.8, 4) is 0 Å². The molecule has 2 N–H and O–H groups in total. The number of hydrogen-bond donors (Lipinski definition) is 2. The van der Waals surface area contributed by atoms with Gasteiger partial charge in [-0.3, -0.25) is 4.79 Å². The van der Waals surface area contributed by atoms with Crippen LogP contribution in [0.3, 0.4) is 0 Å². The van der Waals surface area contributed by atoms with Gasteiger partial charge in [0.2, 0.25) is 0 Å². The molecule has 0 spiro atoms. The molecule has 1 aromatic carbocycles. The minimum atomic E-state index is -2.64. The van der Waals surface area contributed by atoms with Crippen LogP contribution in [0.2, 0.25) is 0 Å². The second-order valence-electron chi connectivity index (χ2n) is 3.80. The molecule has 0 bridgehead atoms. The number of alkyl halides is 2. The van der Waals surface area contributed by atoms with Gasteiger partial charge < -0.3 is 10.4 Å². The largest absolute Gasteiger partial charge is 0.478 e. The van der Waals surface area contributed by atoms with Crippen molar-refractivity contribution in [2.75, 3.05) is 5.32 Å². The van der Waals surface area contributed by atoms with E-state index in [4.69, 9.17) is 5.11 Å². The maximum atomic E-state index is 12.5. The van der Waals surface area contributed by atoms with E-state index in [1.807, 2.05) is 0 Å². The Labute approximate surface area is 126 Å². The molecule has 110 valence electrons. The zero-order chi connectivity index (χ0) is 15.4. The summed E-state index contributed by atoms with van der Waals surface area (Å²) in [4.78, 5) is 23.2. The third-order valence-corrected chi connectivity index (χ3v) is 4.09. The van der Waals surface area contributed by atoms with Crippen molar-refractivity contribution in [1.82, 2.24) is 0 Å². The van der Waals surface area contributed by atoms with Crippen molar-refractivity contribution in [2.24, 2.45) is 0 Å². The number of amides is 1. The van der Waals surface area contributed by atoms with Crippen LogP contribution in [0, 0.1) is 0 Å². The number of rotatable bonds is 5. The fourth-order valence-corrected chi connectivity index (χ4v) is 3.01.